The number of para-hydroxylation sites is 1. The fraction of sp³-hybridized carbons (Fsp3) is 0.0833. The van der Waals surface area contributed by atoms with E-state index < -0.39 is 0 Å². The highest BCUT2D eigenvalue weighted by Crippen LogP contribution is 2.29. The zero-order valence-corrected chi connectivity index (χ0v) is 17.6. The fourth-order valence-electron chi connectivity index (χ4n) is 3.12. The standard InChI is InChI=1S/C24H17BrO5/c1-28-22-5-3-2-4-18(22)20-13-30-23-12-17(10-11-19(23)24(20)27)29-14-21(26)15-6-8-16(25)9-7-15/h2-13H,14H2,1H3. The van der Waals surface area contributed by atoms with Gasteiger partial charge in [0.05, 0.1) is 18.1 Å². The van der Waals surface area contributed by atoms with Gasteiger partial charge in [-0.15, -0.1) is 0 Å². The topological polar surface area (TPSA) is 65.7 Å². The van der Waals surface area contributed by atoms with Gasteiger partial charge in [0, 0.05) is 21.7 Å². The molecule has 0 unspecified atom stereocenters. The normalized spacial score (nSPS) is 10.7. The average Bonchev–Trinajstić information content (AvgIpc) is 2.78. The number of rotatable bonds is 6. The van der Waals surface area contributed by atoms with E-state index in [1.54, 1.807) is 55.6 Å². The molecule has 0 aliphatic heterocycles. The second-order valence-electron chi connectivity index (χ2n) is 6.56. The summed E-state index contributed by atoms with van der Waals surface area (Å²) in [7, 11) is 1.56. The minimum absolute atomic E-state index is 0.114. The molecule has 0 aliphatic carbocycles. The number of benzene rings is 3. The van der Waals surface area contributed by atoms with E-state index in [0.717, 1.165) is 4.47 Å². The molecule has 1 heterocycles. The number of carbonyl (C=O) groups is 1. The number of hydrogen-bond donors (Lipinski definition) is 0. The summed E-state index contributed by atoms with van der Waals surface area (Å²) in [6.45, 7) is -0.114. The fourth-order valence-corrected chi connectivity index (χ4v) is 3.38. The first-order valence-corrected chi connectivity index (χ1v) is 9.96. The van der Waals surface area contributed by atoms with Gasteiger partial charge in [0.15, 0.2) is 12.4 Å². The van der Waals surface area contributed by atoms with Gasteiger partial charge in [-0.05, 0) is 30.3 Å². The molecule has 30 heavy (non-hydrogen) atoms. The molecule has 0 fully saturated rings. The van der Waals surface area contributed by atoms with E-state index in [2.05, 4.69) is 15.9 Å². The lowest BCUT2D eigenvalue weighted by atomic mass is 10.0. The Labute approximate surface area is 181 Å². The number of ether oxygens (including phenoxy) is 2. The van der Waals surface area contributed by atoms with Gasteiger partial charge < -0.3 is 13.9 Å². The molecule has 0 amide bonds. The molecule has 3 aromatic carbocycles. The number of fused-ring (bicyclic) bond motifs is 1. The Morgan fingerprint density at radius 2 is 1.77 bits per heavy atom. The van der Waals surface area contributed by atoms with E-state index in [0.29, 0.717) is 39.2 Å². The second-order valence-corrected chi connectivity index (χ2v) is 7.47. The molecule has 5 nitrogen and oxygen atoms in total. The van der Waals surface area contributed by atoms with Crippen LogP contribution in [0.15, 0.2) is 86.7 Å². The van der Waals surface area contributed by atoms with Crippen molar-refractivity contribution in [3.8, 4) is 22.6 Å². The minimum Gasteiger partial charge on any atom is -0.496 e. The first kappa shape index (κ1) is 19.9. The van der Waals surface area contributed by atoms with E-state index in [1.165, 1.54) is 6.26 Å². The molecule has 4 rings (SSSR count). The summed E-state index contributed by atoms with van der Waals surface area (Å²) in [4.78, 5) is 25.3. The molecule has 0 spiro atoms. The summed E-state index contributed by atoms with van der Waals surface area (Å²) in [5.41, 5.74) is 1.85. The molecular formula is C24H17BrO5. The van der Waals surface area contributed by atoms with E-state index >= 15 is 0 Å². The summed E-state index contributed by atoms with van der Waals surface area (Å²) in [5, 5.41) is 0.421. The van der Waals surface area contributed by atoms with Crippen molar-refractivity contribution in [3.63, 3.8) is 0 Å². The van der Waals surface area contributed by atoms with Gasteiger partial charge in [-0.3, -0.25) is 9.59 Å². The predicted molar refractivity (Wildman–Crippen MR) is 118 cm³/mol. The third-order valence-electron chi connectivity index (χ3n) is 4.68. The van der Waals surface area contributed by atoms with Crippen LogP contribution in [0.25, 0.3) is 22.1 Å². The van der Waals surface area contributed by atoms with Crippen LogP contribution >= 0.6 is 15.9 Å². The van der Waals surface area contributed by atoms with E-state index in [1.807, 2.05) is 18.2 Å². The van der Waals surface area contributed by atoms with Crippen molar-refractivity contribution in [2.45, 2.75) is 0 Å². The van der Waals surface area contributed by atoms with E-state index in [-0.39, 0.29) is 17.8 Å². The quantitative estimate of drug-likeness (QED) is 0.352. The van der Waals surface area contributed by atoms with Gasteiger partial charge in [0.2, 0.25) is 5.43 Å². The Hall–Kier alpha value is -3.38. The highest BCUT2D eigenvalue weighted by molar-refractivity contribution is 9.10. The molecule has 0 aliphatic rings. The summed E-state index contributed by atoms with van der Waals surface area (Å²) < 4.78 is 17.6. The minimum atomic E-state index is -0.168. The molecule has 0 atom stereocenters. The number of hydrogen-bond acceptors (Lipinski definition) is 5. The summed E-state index contributed by atoms with van der Waals surface area (Å²) in [5.74, 6) is 0.896. The van der Waals surface area contributed by atoms with Crippen LogP contribution in [0.4, 0.5) is 0 Å². The van der Waals surface area contributed by atoms with Crippen molar-refractivity contribution in [2.24, 2.45) is 0 Å². The van der Waals surface area contributed by atoms with Crippen LogP contribution in [0.1, 0.15) is 10.4 Å². The molecule has 6 heteroatoms. The maximum Gasteiger partial charge on any atom is 0.200 e. The summed E-state index contributed by atoms with van der Waals surface area (Å²) in [6, 6.07) is 19.2. The van der Waals surface area contributed by atoms with Crippen molar-refractivity contribution in [1.82, 2.24) is 0 Å². The number of halogens is 1. The van der Waals surface area contributed by atoms with Gasteiger partial charge in [-0.1, -0.05) is 46.3 Å². The number of Topliss-reactive ketones (excluding diaryl/α,β-unsaturated/α-hetero) is 1. The number of ketones is 1. The molecule has 0 N–H and O–H groups in total. The maximum atomic E-state index is 13.0. The largest absolute Gasteiger partial charge is 0.496 e. The van der Waals surface area contributed by atoms with E-state index in [4.69, 9.17) is 13.9 Å². The third-order valence-corrected chi connectivity index (χ3v) is 5.21. The zero-order valence-electron chi connectivity index (χ0n) is 16.1. The van der Waals surface area contributed by atoms with Crippen molar-refractivity contribution in [3.05, 3.63) is 93.3 Å². The van der Waals surface area contributed by atoms with Crippen LogP contribution in [0.2, 0.25) is 0 Å². The van der Waals surface area contributed by atoms with Crippen LogP contribution in [0, 0.1) is 0 Å². The molecule has 4 aromatic rings. The molecule has 0 bridgehead atoms. The lowest BCUT2D eigenvalue weighted by molar-refractivity contribution is 0.0921. The van der Waals surface area contributed by atoms with Crippen LogP contribution in [0.5, 0.6) is 11.5 Å². The van der Waals surface area contributed by atoms with Gasteiger partial charge in [0.25, 0.3) is 0 Å². The van der Waals surface area contributed by atoms with Crippen LogP contribution in [-0.2, 0) is 0 Å². The van der Waals surface area contributed by atoms with Gasteiger partial charge >= 0.3 is 0 Å². The summed E-state index contributed by atoms with van der Waals surface area (Å²) >= 11 is 3.34. The monoisotopic (exact) mass is 464 g/mol. The molecular weight excluding hydrogens is 448 g/mol. The molecule has 0 saturated carbocycles. The second kappa shape index (κ2) is 8.55. The predicted octanol–water partition coefficient (Wildman–Crippen LogP) is 5.49. The molecule has 1 aromatic heterocycles. The summed E-state index contributed by atoms with van der Waals surface area (Å²) in [6.07, 6.45) is 1.42. The lowest BCUT2D eigenvalue weighted by Crippen LogP contribution is -2.11. The van der Waals surface area contributed by atoms with Crippen LogP contribution < -0.4 is 14.9 Å². The Morgan fingerprint density at radius 3 is 2.53 bits per heavy atom. The molecule has 150 valence electrons. The van der Waals surface area contributed by atoms with E-state index in [9.17, 15) is 9.59 Å². The zero-order chi connectivity index (χ0) is 21.1. The van der Waals surface area contributed by atoms with Crippen molar-refractivity contribution in [1.29, 1.82) is 0 Å². The Balaban J connectivity index is 1.59. The smallest absolute Gasteiger partial charge is 0.200 e. The average molecular weight is 465 g/mol. The first-order valence-electron chi connectivity index (χ1n) is 9.17. The van der Waals surface area contributed by atoms with Crippen LogP contribution in [0.3, 0.4) is 0 Å². The van der Waals surface area contributed by atoms with Gasteiger partial charge in [-0.2, -0.15) is 0 Å². The highest BCUT2D eigenvalue weighted by Gasteiger charge is 2.14. The van der Waals surface area contributed by atoms with Gasteiger partial charge in [0.1, 0.15) is 23.3 Å². The molecule has 0 radical (unpaired) electrons. The van der Waals surface area contributed by atoms with Crippen molar-refractivity contribution >= 4 is 32.7 Å². The Bertz CT molecular complexity index is 1280. The number of methoxy groups -OCH3 is 1. The number of carbonyl (C=O) groups excluding carboxylic acids is 1. The maximum absolute atomic E-state index is 13.0. The van der Waals surface area contributed by atoms with Crippen LogP contribution in [-0.4, -0.2) is 19.5 Å². The van der Waals surface area contributed by atoms with Crippen molar-refractivity contribution in [2.75, 3.05) is 13.7 Å². The highest BCUT2D eigenvalue weighted by atomic mass is 79.9. The Kier molecular flexibility index (Phi) is 5.68. The SMILES string of the molecule is COc1ccccc1-c1coc2cc(OCC(=O)c3ccc(Br)cc3)ccc2c1=O. The van der Waals surface area contributed by atoms with Gasteiger partial charge in [-0.25, -0.2) is 0 Å². The van der Waals surface area contributed by atoms with Crippen molar-refractivity contribution < 1.29 is 18.7 Å². The first-order chi connectivity index (χ1) is 14.6. The third kappa shape index (κ3) is 4.00. The molecule has 0 saturated heterocycles. The Morgan fingerprint density at radius 1 is 1.00 bits per heavy atom. The lowest BCUT2D eigenvalue weighted by Gasteiger charge is -2.09.